The number of hydrogen-bond donors (Lipinski definition) is 6. The number of azo groups is 2. The molecule has 0 fully saturated rings. The summed E-state index contributed by atoms with van der Waals surface area (Å²) in [4.78, 5) is -2.65. The van der Waals surface area contributed by atoms with Crippen LogP contribution in [0.1, 0.15) is 0 Å². The van der Waals surface area contributed by atoms with Crippen molar-refractivity contribution >= 4 is 88.0 Å². The highest BCUT2D eigenvalue weighted by Gasteiger charge is 2.26. The SMILES string of the molecule is CN=Nc1c(S(=O)(=O)O)cc2cc(SOOO)c(N=Nc3ccc(S(=O)(=O)CCOSOOO)cc3S(=O)(=O)O)c(O)c2c1N. The lowest BCUT2D eigenvalue weighted by atomic mass is 10.1. The fraction of sp³-hybridized carbons (Fsp3) is 0.158. The van der Waals surface area contributed by atoms with Crippen molar-refractivity contribution in [3.8, 4) is 5.75 Å². The van der Waals surface area contributed by atoms with Crippen LogP contribution in [-0.4, -0.2) is 69.4 Å². The fourth-order valence-corrected chi connectivity index (χ4v) is 6.85. The third-order valence-electron chi connectivity index (χ3n) is 5.31. The van der Waals surface area contributed by atoms with Gasteiger partial charge in [0.1, 0.15) is 26.9 Å². The van der Waals surface area contributed by atoms with Gasteiger partial charge in [0.15, 0.2) is 27.9 Å². The molecule has 0 saturated carbocycles. The highest BCUT2D eigenvalue weighted by Crippen LogP contribution is 2.49. The summed E-state index contributed by atoms with van der Waals surface area (Å²) in [6.45, 7) is -0.503. The maximum atomic E-state index is 12.6. The minimum absolute atomic E-state index is 0.108. The van der Waals surface area contributed by atoms with Gasteiger partial charge in [0.2, 0.25) is 0 Å². The molecule has 0 aliphatic carbocycles. The summed E-state index contributed by atoms with van der Waals surface area (Å²) in [7, 11) is -13.1. The first-order chi connectivity index (χ1) is 21.1. The van der Waals surface area contributed by atoms with Crippen molar-refractivity contribution in [1.82, 2.24) is 0 Å². The highest BCUT2D eigenvalue weighted by atomic mass is 32.2. The van der Waals surface area contributed by atoms with Crippen LogP contribution in [0.5, 0.6) is 5.75 Å². The minimum Gasteiger partial charge on any atom is -0.505 e. The van der Waals surface area contributed by atoms with Crippen LogP contribution in [0.15, 0.2) is 70.4 Å². The fourth-order valence-electron chi connectivity index (χ4n) is 3.53. The van der Waals surface area contributed by atoms with Crippen LogP contribution < -0.4 is 5.73 Å². The van der Waals surface area contributed by atoms with E-state index in [1.54, 1.807) is 0 Å². The Kier molecular flexibility index (Phi) is 12.1. The number of rotatable bonds is 15. The van der Waals surface area contributed by atoms with Crippen LogP contribution in [0.25, 0.3) is 10.8 Å². The smallest absolute Gasteiger partial charge is 0.296 e. The van der Waals surface area contributed by atoms with Gasteiger partial charge < -0.3 is 10.8 Å². The number of phenolic OH excluding ortho intramolecular Hbond substituents is 1. The first kappa shape index (κ1) is 36.4. The second-order valence-electron chi connectivity index (χ2n) is 7.96. The Morgan fingerprint density at radius 1 is 0.867 bits per heavy atom. The van der Waals surface area contributed by atoms with E-state index in [0.717, 1.165) is 24.3 Å². The van der Waals surface area contributed by atoms with E-state index < -0.39 is 85.6 Å². The van der Waals surface area contributed by atoms with Crippen molar-refractivity contribution in [2.45, 2.75) is 19.6 Å². The molecule has 0 radical (unpaired) electrons. The lowest BCUT2D eigenvalue weighted by Crippen LogP contribution is -2.12. The second-order valence-corrected chi connectivity index (χ2v) is 14.1. The number of nitrogens with zero attached hydrogens (tertiary/aromatic N) is 4. The number of aromatic hydroxyl groups is 1. The molecule has 0 aliphatic heterocycles. The minimum atomic E-state index is -5.15. The summed E-state index contributed by atoms with van der Waals surface area (Å²) in [5.74, 6) is -1.53. The Labute approximate surface area is 261 Å². The molecule has 3 rings (SSSR count). The molecule has 0 aromatic heterocycles. The zero-order chi connectivity index (χ0) is 33.6. The zero-order valence-electron chi connectivity index (χ0n) is 21.9. The summed E-state index contributed by atoms with van der Waals surface area (Å²) in [6, 6.07) is 4.34. The molecule has 0 heterocycles. The average Bonchev–Trinajstić information content (AvgIpc) is 2.95. The Hall–Kier alpha value is -3.09. The van der Waals surface area contributed by atoms with Crippen LogP contribution >= 0.6 is 24.4 Å². The Balaban J connectivity index is 2.20. The maximum absolute atomic E-state index is 12.6. The van der Waals surface area contributed by atoms with Crippen LogP contribution in [0, 0.1) is 0 Å². The largest absolute Gasteiger partial charge is 0.505 e. The summed E-state index contributed by atoms with van der Waals surface area (Å²) in [6.07, 6.45) is 0. The van der Waals surface area contributed by atoms with E-state index in [-0.39, 0.29) is 40.0 Å². The van der Waals surface area contributed by atoms with Gasteiger partial charge >= 0.3 is 0 Å². The molecule has 0 atom stereocenters. The van der Waals surface area contributed by atoms with Gasteiger partial charge in [-0.15, -0.1) is 18.9 Å². The van der Waals surface area contributed by atoms with Crippen molar-refractivity contribution < 1.29 is 72.9 Å². The van der Waals surface area contributed by atoms with Gasteiger partial charge in [0.05, 0.1) is 45.3 Å². The molecule has 26 heteroatoms. The number of anilines is 1. The Morgan fingerprint density at radius 3 is 2.13 bits per heavy atom. The number of nitrogens with two attached hydrogens (primary N) is 1. The van der Waals surface area contributed by atoms with Crippen molar-refractivity contribution in [3.05, 3.63) is 30.3 Å². The molecule has 45 heavy (non-hydrogen) atoms. The lowest BCUT2D eigenvalue weighted by Gasteiger charge is -2.14. The monoisotopic (exact) mass is 733 g/mol. The first-order valence-corrected chi connectivity index (χ1v) is 17.1. The number of nitrogen functional groups attached to an aromatic ring is 1. The van der Waals surface area contributed by atoms with E-state index in [1.807, 2.05) is 0 Å². The van der Waals surface area contributed by atoms with Crippen LogP contribution in [-0.2, 0) is 53.0 Å². The molecule has 7 N–H and O–H groups in total. The Bertz CT molecular complexity index is 1970. The van der Waals surface area contributed by atoms with Crippen LogP contribution in [0.3, 0.4) is 0 Å². The molecule has 21 nitrogen and oxygen atoms in total. The summed E-state index contributed by atoms with van der Waals surface area (Å²) >= 11 is 0.310. The van der Waals surface area contributed by atoms with Gasteiger partial charge in [-0.2, -0.15) is 27.1 Å². The third-order valence-corrected chi connectivity index (χ3v) is 9.74. The van der Waals surface area contributed by atoms with E-state index >= 15 is 0 Å². The van der Waals surface area contributed by atoms with Crippen LogP contribution in [0.2, 0.25) is 0 Å². The molecule has 0 spiro atoms. The molecule has 246 valence electrons. The molecule has 0 unspecified atom stereocenters. The van der Waals surface area contributed by atoms with E-state index in [2.05, 4.69) is 43.4 Å². The normalized spacial score (nSPS) is 13.0. The number of phenols is 1. The molecule has 0 saturated heterocycles. The van der Waals surface area contributed by atoms with E-state index in [1.165, 1.54) is 7.05 Å². The van der Waals surface area contributed by atoms with Gasteiger partial charge in [0, 0.05) is 7.05 Å². The van der Waals surface area contributed by atoms with Crippen molar-refractivity contribution in [3.63, 3.8) is 0 Å². The predicted octanol–water partition coefficient (Wildman–Crippen LogP) is 3.95. The number of benzene rings is 3. The highest BCUT2D eigenvalue weighted by molar-refractivity contribution is 7.94. The molecule has 3 aromatic carbocycles. The lowest BCUT2D eigenvalue weighted by molar-refractivity contribution is -0.434. The molecule has 0 bridgehead atoms. The zero-order valence-corrected chi connectivity index (χ0v) is 26.0. The summed E-state index contributed by atoms with van der Waals surface area (Å²) < 4.78 is 106. The van der Waals surface area contributed by atoms with Gasteiger partial charge in [-0.3, -0.25) is 13.3 Å². The summed E-state index contributed by atoms with van der Waals surface area (Å²) in [5.41, 5.74) is 3.84. The van der Waals surface area contributed by atoms with Crippen LogP contribution in [0.4, 0.5) is 22.7 Å². The maximum Gasteiger partial charge on any atom is 0.296 e. The molecule has 3 aromatic rings. The molecule has 0 amide bonds. The average molecular weight is 734 g/mol. The molecular formula is C19H19N5O16S5. The van der Waals surface area contributed by atoms with E-state index in [9.17, 15) is 39.5 Å². The molecule has 0 aliphatic rings. The molecular weight excluding hydrogens is 715 g/mol. The predicted molar refractivity (Wildman–Crippen MR) is 152 cm³/mol. The van der Waals surface area contributed by atoms with Crippen molar-refractivity contribution in [1.29, 1.82) is 0 Å². The second kappa shape index (κ2) is 15.0. The van der Waals surface area contributed by atoms with E-state index in [0.29, 0.717) is 6.07 Å². The van der Waals surface area contributed by atoms with Gasteiger partial charge in [-0.1, -0.05) is 10.1 Å². The van der Waals surface area contributed by atoms with Gasteiger partial charge in [-0.05, 0) is 35.7 Å². The van der Waals surface area contributed by atoms with E-state index in [4.69, 9.17) is 16.2 Å². The number of fused-ring (bicyclic) bond motifs is 1. The number of hydrogen-bond acceptors (Lipinski definition) is 21. The standard InChI is InChI=1S/C19H19N5O16S5/c1-21-23-18-14(45(33,34)35)7-9-6-12(41-39-37-26)17(19(25)15(9)16(18)20)24-22-11-3-2-10(8-13(11)44(30,31)32)43(28,29)5-4-36-42-40-38-27/h2-3,6-8,25-27H,4-5,20H2,1H3,(H,30,31,32)(H,33,34,35). The topological polar surface area (TPSA) is 325 Å². The quantitative estimate of drug-likeness (QED) is 0.0245. The summed E-state index contributed by atoms with van der Waals surface area (Å²) in [5, 5.41) is 48.7. The Morgan fingerprint density at radius 2 is 1.53 bits per heavy atom. The van der Waals surface area contributed by atoms with Crippen molar-refractivity contribution in [2.24, 2.45) is 20.5 Å². The van der Waals surface area contributed by atoms with Gasteiger partial charge in [-0.25, -0.2) is 18.9 Å². The first-order valence-electron chi connectivity index (χ1n) is 11.1. The third kappa shape index (κ3) is 8.80. The van der Waals surface area contributed by atoms with Gasteiger partial charge in [0.25, 0.3) is 20.2 Å². The number of sulfone groups is 1. The van der Waals surface area contributed by atoms with Crippen molar-refractivity contribution in [2.75, 3.05) is 25.1 Å².